The van der Waals surface area contributed by atoms with Crippen LogP contribution in [0.25, 0.3) is 5.69 Å². The molecular weight excluding hydrogens is 452 g/mol. The van der Waals surface area contributed by atoms with Crippen LogP contribution in [0.15, 0.2) is 65.7 Å². The van der Waals surface area contributed by atoms with Crippen molar-refractivity contribution in [2.24, 2.45) is 5.92 Å². The molecular formula is C28H38N6O2. The lowest BCUT2D eigenvalue weighted by Crippen LogP contribution is -2.38. The molecule has 2 aliphatic rings. The van der Waals surface area contributed by atoms with Crippen LogP contribution in [0.4, 0.5) is 5.69 Å². The van der Waals surface area contributed by atoms with E-state index in [1.807, 2.05) is 42.5 Å². The molecule has 2 aromatic carbocycles. The molecule has 0 unspecified atom stereocenters. The summed E-state index contributed by atoms with van der Waals surface area (Å²) in [5.74, 6) is 1.40. The van der Waals surface area contributed by atoms with E-state index in [1.165, 1.54) is 12.1 Å². The second kappa shape index (κ2) is 11.8. The van der Waals surface area contributed by atoms with Gasteiger partial charge in [0.25, 0.3) is 0 Å². The Morgan fingerprint density at radius 1 is 0.889 bits per heavy atom. The first-order chi connectivity index (χ1) is 17.7. The maximum atomic E-state index is 13.1. The lowest BCUT2D eigenvalue weighted by molar-refractivity contribution is 0.145. The molecule has 3 heterocycles. The molecule has 0 N–H and O–H groups in total. The third-order valence-electron chi connectivity index (χ3n) is 7.50. The van der Waals surface area contributed by atoms with Crippen molar-refractivity contribution in [3.8, 4) is 11.4 Å². The Morgan fingerprint density at radius 3 is 2.42 bits per heavy atom. The van der Waals surface area contributed by atoms with Gasteiger partial charge in [0.2, 0.25) is 0 Å². The molecule has 0 spiro atoms. The maximum absolute atomic E-state index is 13.1. The van der Waals surface area contributed by atoms with E-state index in [9.17, 15) is 4.79 Å². The van der Waals surface area contributed by atoms with Gasteiger partial charge in [0.05, 0.1) is 5.69 Å². The molecule has 3 aromatic rings. The van der Waals surface area contributed by atoms with Crippen LogP contribution < -0.4 is 15.3 Å². The number of likely N-dealkylation sites (N-methyl/N-ethyl adjacent to an activating group) is 1. The zero-order chi connectivity index (χ0) is 24.7. The predicted octanol–water partition coefficient (Wildman–Crippen LogP) is 2.97. The minimum atomic E-state index is -0.0576. The molecule has 0 saturated carbocycles. The summed E-state index contributed by atoms with van der Waals surface area (Å²) >= 11 is 0. The van der Waals surface area contributed by atoms with Crippen molar-refractivity contribution in [1.82, 2.24) is 24.1 Å². The third kappa shape index (κ3) is 6.17. The van der Waals surface area contributed by atoms with E-state index in [1.54, 1.807) is 15.6 Å². The van der Waals surface area contributed by atoms with Gasteiger partial charge in [0.15, 0.2) is 0 Å². The quantitative estimate of drug-likeness (QED) is 0.484. The molecule has 0 amide bonds. The summed E-state index contributed by atoms with van der Waals surface area (Å²) in [6, 6.07) is 18.3. The van der Waals surface area contributed by atoms with Gasteiger partial charge in [-0.2, -0.15) is 5.10 Å². The van der Waals surface area contributed by atoms with Crippen molar-refractivity contribution in [3.05, 3.63) is 71.4 Å². The van der Waals surface area contributed by atoms with Crippen LogP contribution in [-0.2, 0) is 6.54 Å². The van der Waals surface area contributed by atoms with Gasteiger partial charge in [0.1, 0.15) is 18.7 Å². The second-order valence-corrected chi connectivity index (χ2v) is 10.1. The van der Waals surface area contributed by atoms with Crippen molar-refractivity contribution >= 4 is 5.69 Å². The monoisotopic (exact) mass is 490 g/mol. The molecule has 192 valence electrons. The molecule has 2 saturated heterocycles. The zero-order valence-electron chi connectivity index (χ0n) is 21.3. The number of benzene rings is 2. The lowest BCUT2D eigenvalue weighted by Gasteiger charge is -2.31. The Hall–Kier alpha value is -3.10. The number of para-hydroxylation sites is 1. The summed E-state index contributed by atoms with van der Waals surface area (Å²) in [5, 5.41) is 4.44. The summed E-state index contributed by atoms with van der Waals surface area (Å²) in [6.07, 6.45) is 4.98. The summed E-state index contributed by atoms with van der Waals surface area (Å²) in [5.41, 5.74) is 2.03. The van der Waals surface area contributed by atoms with Gasteiger partial charge in [-0.3, -0.25) is 4.90 Å². The molecule has 8 heteroatoms. The van der Waals surface area contributed by atoms with E-state index in [-0.39, 0.29) is 5.69 Å². The average molecular weight is 491 g/mol. The van der Waals surface area contributed by atoms with Gasteiger partial charge in [-0.15, -0.1) is 0 Å². The summed E-state index contributed by atoms with van der Waals surface area (Å²) in [7, 11) is 2.18. The van der Waals surface area contributed by atoms with Crippen LogP contribution in [0.5, 0.6) is 5.75 Å². The largest absolute Gasteiger partial charge is 0.492 e. The standard InChI is InChI=1S/C28H38N6O2/c1-30-14-5-15-32(19-18-30)25-8-10-26(11-9-25)33-23-29-34(28(33)35)22-24-12-16-31(17-13-24)20-21-36-27-6-3-2-4-7-27/h2-4,6-11,23-24H,5,12-22H2,1H3. The van der Waals surface area contributed by atoms with Crippen LogP contribution in [0, 0.1) is 5.92 Å². The fourth-order valence-corrected chi connectivity index (χ4v) is 5.21. The van der Waals surface area contributed by atoms with Crippen LogP contribution in [0.1, 0.15) is 19.3 Å². The van der Waals surface area contributed by atoms with Gasteiger partial charge in [0, 0.05) is 38.4 Å². The van der Waals surface area contributed by atoms with Crippen molar-refractivity contribution < 1.29 is 4.74 Å². The Labute approximate surface area is 213 Å². The highest BCUT2D eigenvalue weighted by molar-refractivity contribution is 5.51. The summed E-state index contributed by atoms with van der Waals surface area (Å²) < 4.78 is 9.14. The van der Waals surface area contributed by atoms with Gasteiger partial charge in [-0.25, -0.2) is 14.0 Å². The number of hydrogen-bond acceptors (Lipinski definition) is 6. The number of ether oxygens (including phenoxy) is 1. The maximum Gasteiger partial charge on any atom is 0.350 e. The van der Waals surface area contributed by atoms with Gasteiger partial charge >= 0.3 is 5.69 Å². The fraction of sp³-hybridized carbons (Fsp3) is 0.500. The summed E-state index contributed by atoms with van der Waals surface area (Å²) in [4.78, 5) is 20.3. The van der Waals surface area contributed by atoms with E-state index < -0.39 is 0 Å². The first-order valence-electron chi connectivity index (χ1n) is 13.2. The third-order valence-corrected chi connectivity index (χ3v) is 7.50. The van der Waals surface area contributed by atoms with Gasteiger partial charge < -0.3 is 14.5 Å². The van der Waals surface area contributed by atoms with Crippen LogP contribution in [0.3, 0.4) is 0 Å². The van der Waals surface area contributed by atoms with E-state index in [0.717, 1.165) is 70.1 Å². The number of aromatic nitrogens is 3. The smallest absolute Gasteiger partial charge is 0.350 e. The molecule has 0 atom stereocenters. The van der Waals surface area contributed by atoms with Crippen molar-refractivity contribution in [2.45, 2.75) is 25.8 Å². The number of rotatable bonds is 8. The minimum Gasteiger partial charge on any atom is -0.492 e. The summed E-state index contributed by atoms with van der Waals surface area (Å²) in [6.45, 7) is 8.70. The fourth-order valence-electron chi connectivity index (χ4n) is 5.21. The normalized spacial score (nSPS) is 18.3. The SMILES string of the molecule is CN1CCCN(c2ccc(-n3cnn(CC4CCN(CCOc5ccccc5)CC4)c3=O)cc2)CC1. The van der Waals surface area contributed by atoms with Gasteiger partial charge in [-0.05, 0) is 88.3 Å². The number of nitrogens with zero attached hydrogens (tertiary/aromatic N) is 6. The van der Waals surface area contributed by atoms with Gasteiger partial charge in [-0.1, -0.05) is 18.2 Å². The molecule has 36 heavy (non-hydrogen) atoms. The Bertz CT molecular complexity index is 1130. The average Bonchev–Trinajstić information content (AvgIpc) is 3.12. The highest BCUT2D eigenvalue weighted by Gasteiger charge is 2.21. The molecule has 8 nitrogen and oxygen atoms in total. The number of anilines is 1. The first kappa shape index (κ1) is 24.6. The number of likely N-dealkylation sites (tertiary alicyclic amines) is 1. The number of hydrogen-bond donors (Lipinski definition) is 0. The molecule has 2 fully saturated rings. The van der Waals surface area contributed by atoms with E-state index >= 15 is 0 Å². The molecule has 0 aliphatic carbocycles. The Morgan fingerprint density at radius 2 is 1.64 bits per heavy atom. The topological polar surface area (TPSA) is 58.8 Å². The Kier molecular flexibility index (Phi) is 8.03. The minimum absolute atomic E-state index is 0.0576. The molecule has 2 aliphatic heterocycles. The van der Waals surface area contributed by atoms with Crippen molar-refractivity contribution in [3.63, 3.8) is 0 Å². The highest BCUT2D eigenvalue weighted by atomic mass is 16.5. The zero-order valence-corrected chi connectivity index (χ0v) is 21.3. The Balaban J connectivity index is 1.11. The van der Waals surface area contributed by atoms with Crippen LogP contribution in [-0.4, -0.2) is 83.6 Å². The molecule has 5 rings (SSSR count). The first-order valence-corrected chi connectivity index (χ1v) is 13.2. The number of piperidine rings is 1. The molecule has 1 aromatic heterocycles. The van der Waals surface area contributed by atoms with E-state index in [0.29, 0.717) is 19.1 Å². The lowest BCUT2D eigenvalue weighted by atomic mass is 9.97. The molecule has 0 bridgehead atoms. The van der Waals surface area contributed by atoms with Crippen molar-refractivity contribution in [1.29, 1.82) is 0 Å². The second-order valence-electron chi connectivity index (χ2n) is 10.1. The highest BCUT2D eigenvalue weighted by Crippen LogP contribution is 2.20. The van der Waals surface area contributed by atoms with E-state index in [2.05, 4.69) is 39.0 Å². The predicted molar refractivity (Wildman–Crippen MR) is 143 cm³/mol. The van der Waals surface area contributed by atoms with Crippen molar-refractivity contribution in [2.75, 3.05) is 64.4 Å². The van der Waals surface area contributed by atoms with Crippen LogP contribution in [0.2, 0.25) is 0 Å². The van der Waals surface area contributed by atoms with Crippen LogP contribution >= 0.6 is 0 Å². The molecule has 0 radical (unpaired) electrons. The van der Waals surface area contributed by atoms with E-state index in [4.69, 9.17) is 4.74 Å².